The number of fused-ring (bicyclic) bond motifs is 1. The average molecular weight is 438 g/mol. The van der Waals surface area contributed by atoms with Crippen LogP contribution in [0.4, 0.5) is 10.1 Å². The predicted octanol–water partition coefficient (Wildman–Crippen LogP) is 3.99. The number of carbonyl (C=O) groups excluding carboxylic acids is 2. The summed E-state index contributed by atoms with van der Waals surface area (Å²) in [5.74, 6) is -0.363. The van der Waals surface area contributed by atoms with Crippen molar-refractivity contribution in [2.24, 2.45) is 5.92 Å². The summed E-state index contributed by atoms with van der Waals surface area (Å²) in [6.07, 6.45) is 6.10. The number of benzene rings is 2. The third-order valence-corrected chi connectivity index (χ3v) is 6.68. The van der Waals surface area contributed by atoms with E-state index in [-0.39, 0.29) is 23.5 Å². The van der Waals surface area contributed by atoms with Crippen molar-refractivity contribution >= 4 is 17.5 Å². The Bertz CT molecular complexity index is 971. The van der Waals surface area contributed by atoms with Crippen molar-refractivity contribution in [3.63, 3.8) is 0 Å². The molecule has 2 aromatic carbocycles. The number of rotatable bonds is 7. The summed E-state index contributed by atoms with van der Waals surface area (Å²) in [6.45, 7) is 3.92. The zero-order chi connectivity index (χ0) is 22.5. The van der Waals surface area contributed by atoms with Gasteiger partial charge in [0.25, 0.3) is 5.91 Å². The lowest BCUT2D eigenvalue weighted by molar-refractivity contribution is -0.124. The van der Waals surface area contributed by atoms with E-state index >= 15 is 0 Å². The van der Waals surface area contributed by atoms with Gasteiger partial charge in [-0.05, 0) is 68.0 Å². The fraction of sp³-hybridized carbons (Fsp3) is 0.462. The highest BCUT2D eigenvalue weighted by Crippen LogP contribution is 2.28. The highest BCUT2D eigenvalue weighted by atomic mass is 19.1. The molecule has 1 saturated carbocycles. The third-order valence-electron chi connectivity index (χ3n) is 6.68. The number of halogens is 1. The Morgan fingerprint density at radius 1 is 1.12 bits per heavy atom. The van der Waals surface area contributed by atoms with Crippen molar-refractivity contribution in [3.8, 4) is 0 Å². The van der Waals surface area contributed by atoms with Gasteiger partial charge in [-0.15, -0.1) is 0 Å². The minimum atomic E-state index is -0.525. The summed E-state index contributed by atoms with van der Waals surface area (Å²) in [7, 11) is 0. The Balaban J connectivity index is 1.37. The average Bonchev–Trinajstić information content (AvgIpc) is 3.19. The molecule has 2 amide bonds. The van der Waals surface area contributed by atoms with Gasteiger partial charge < -0.3 is 15.5 Å². The minimum absolute atomic E-state index is 0.114. The highest BCUT2D eigenvalue weighted by Gasteiger charge is 2.31. The van der Waals surface area contributed by atoms with E-state index in [0.717, 1.165) is 55.5 Å². The largest absolute Gasteiger partial charge is 0.369 e. The molecule has 0 unspecified atom stereocenters. The van der Waals surface area contributed by atoms with E-state index in [1.807, 2.05) is 31.2 Å². The summed E-state index contributed by atoms with van der Waals surface area (Å²) >= 11 is 0. The van der Waals surface area contributed by atoms with Crippen LogP contribution < -0.4 is 15.5 Å². The zero-order valence-electron chi connectivity index (χ0n) is 18.7. The van der Waals surface area contributed by atoms with Crippen molar-refractivity contribution in [1.29, 1.82) is 0 Å². The van der Waals surface area contributed by atoms with Gasteiger partial charge in [0.15, 0.2) is 0 Å². The first-order valence-electron chi connectivity index (χ1n) is 11.7. The molecule has 32 heavy (non-hydrogen) atoms. The Morgan fingerprint density at radius 2 is 1.94 bits per heavy atom. The molecule has 0 saturated heterocycles. The summed E-state index contributed by atoms with van der Waals surface area (Å²) in [4.78, 5) is 28.2. The molecule has 4 rings (SSSR count). The minimum Gasteiger partial charge on any atom is -0.369 e. The second-order valence-corrected chi connectivity index (χ2v) is 9.02. The quantitative estimate of drug-likeness (QED) is 0.689. The maximum Gasteiger partial charge on any atom is 0.251 e. The number of carbonyl (C=O) groups is 2. The molecule has 2 aliphatic rings. The predicted molar refractivity (Wildman–Crippen MR) is 124 cm³/mol. The van der Waals surface area contributed by atoms with Gasteiger partial charge in [0.05, 0.1) is 0 Å². The summed E-state index contributed by atoms with van der Waals surface area (Å²) in [5.41, 5.74) is 3.65. The van der Waals surface area contributed by atoms with Gasteiger partial charge in [0.1, 0.15) is 11.9 Å². The molecule has 1 heterocycles. The molecular formula is C26H32FN3O2. The first-order chi connectivity index (χ1) is 15.5. The Kier molecular flexibility index (Phi) is 7.08. The van der Waals surface area contributed by atoms with Crippen LogP contribution in [0.3, 0.4) is 0 Å². The van der Waals surface area contributed by atoms with Crippen LogP contribution in [0.2, 0.25) is 0 Å². The van der Waals surface area contributed by atoms with Gasteiger partial charge in [-0.2, -0.15) is 0 Å². The third kappa shape index (κ3) is 5.29. The van der Waals surface area contributed by atoms with Gasteiger partial charge in [-0.25, -0.2) is 4.39 Å². The van der Waals surface area contributed by atoms with Gasteiger partial charge in [0.2, 0.25) is 5.91 Å². The van der Waals surface area contributed by atoms with E-state index in [0.29, 0.717) is 18.7 Å². The van der Waals surface area contributed by atoms with Crippen LogP contribution in [0, 0.1) is 18.7 Å². The standard InChI is InChI=1S/C26H32FN3O2/c1-18-6-5-9-21(16-18)25(31)29-24(19-7-3-2-4-8-19)26(32)28-13-15-30-14-12-20-17-22(27)10-11-23(20)30/h5-6,9-11,16-17,19,24H,2-4,7-8,12-15H2,1H3,(H,28,32)(H,29,31)/t24-/m0/s1. The maximum atomic E-state index is 13.5. The topological polar surface area (TPSA) is 61.4 Å². The number of amides is 2. The lowest BCUT2D eigenvalue weighted by Gasteiger charge is -2.30. The van der Waals surface area contributed by atoms with E-state index in [1.165, 1.54) is 12.5 Å². The van der Waals surface area contributed by atoms with Crippen LogP contribution in [0.5, 0.6) is 0 Å². The monoisotopic (exact) mass is 437 g/mol. The smallest absolute Gasteiger partial charge is 0.251 e. The second-order valence-electron chi connectivity index (χ2n) is 9.02. The molecule has 2 aromatic rings. The Labute approximate surface area is 189 Å². The van der Waals surface area contributed by atoms with Crippen molar-refractivity contribution < 1.29 is 14.0 Å². The van der Waals surface area contributed by atoms with Crippen LogP contribution in [-0.2, 0) is 11.2 Å². The van der Waals surface area contributed by atoms with Crippen molar-refractivity contribution in [2.75, 3.05) is 24.5 Å². The lowest BCUT2D eigenvalue weighted by atomic mass is 9.83. The summed E-state index contributed by atoms with van der Waals surface area (Å²) < 4.78 is 13.5. The SMILES string of the molecule is Cc1cccc(C(=O)N[C@H](C(=O)NCCN2CCc3cc(F)ccc32)C2CCCCC2)c1. The molecule has 2 N–H and O–H groups in total. The molecule has 1 fully saturated rings. The van der Waals surface area contributed by atoms with Crippen molar-refractivity contribution in [3.05, 3.63) is 65.0 Å². The first kappa shape index (κ1) is 22.3. The van der Waals surface area contributed by atoms with Crippen LogP contribution in [0.25, 0.3) is 0 Å². The number of hydrogen-bond donors (Lipinski definition) is 2. The molecule has 0 radical (unpaired) electrons. The van der Waals surface area contributed by atoms with E-state index < -0.39 is 6.04 Å². The number of nitrogens with zero attached hydrogens (tertiary/aromatic N) is 1. The van der Waals surface area contributed by atoms with Crippen LogP contribution >= 0.6 is 0 Å². The normalized spacial score (nSPS) is 17.0. The number of anilines is 1. The second kappa shape index (κ2) is 10.2. The Morgan fingerprint density at radius 3 is 2.72 bits per heavy atom. The van der Waals surface area contributed by atoms with Crippen LogP contribution in [-0.4, -0.2) is 37.5 Å². The first-order valence-corrected chi connectivity index (χ1v) is 11.7. The number of aryl methyl sites for hydroxylation is 1. The summed E-state index contributed by atoms with van der Waals surface area (Å²) in [5, 5.41) is 6.07. The fourth-order valence-corrected chi connectivity index (χ4v) is 4.97. The van der Waals surface area contributed by atoms with Crippen LogP contribution in [0.15, 0.2) is 42.5 Å². The molecule has 1 atom stereocenters. The molecule has 6 heteroatoms. The van der Waals surface area contributed by atoms with E-state index in [2.05, 4.69) is 15.5 Å². The lowest BCUT2D eigenvalue weighted by Crippen LogP contribution is -2.52. The number of hydrogen-bond acceptors (Lipinski definition) is 3. The number of nitrogens with one attached hydrogen (secondary N) is 2. The molecule has 1 aliphatic carbocycles. The summed E-state index contributed by atoms with van der Waals surface area (Å²) in [6, 6.07) is 11.8. The van der Waals surface area contributed by atoms with E-state index in [1.54, 1.807) is 12.1 Å². The molecule has 5 nitrogen and oxygen atoms in total. The molecule has 1 aliphatic heterocycles. The van der Waals surface area contributed by atoms with E-state index in [4.69, 9.17) is 0 Å². The zero-order valence-corrected chi connectivity index (χ0v) is 18.7. The molecule has 170 valence electrons. The van der Waals surface area contributed by atoms with Gasteiger partial charge in [-0.3, -0.25) is 9.59 Å². The van der Waals surface area contributed by atoms with E-state index in [9.17, 15) is 14.0 Å². The van der Waals surface area contributed by atoms with Gasteiger partial charge in [-0.1, -0.05) is 37.0 Å². The van der Waals surface area contributed by atoms with Gasteiger partial charge >= 0.3 is 0 Å². The fourth-order valence-electron chi connectivity index (χ4n) is 4.97. The van der Waals surface area contributed by atoms with Crippen LogP contribution in [0.1, 0.15) is 53.6 Å². The van der Waals surface area contributed by atoms with Gasteiger partial charge in [0, 0.05) is 30.9 Å². The highest BCUT2D eigenvalue weighted by molar-refractivity contribution is 5.97. The molecule has 0 spiro atoms. The Hall–Kier alpha value is -2.89. The van der Waals surface area contributed by atoms with Crippen molar-refractivity contribution in [1.82, 2.24) is 10.6 Å². The van der Waals surface area contributed by atoms with Crippen molar-refractivity contribution in [2.45, 2.75) is 51.5 Å². The maximum absolute atomic E-state index is 13.5. The molecule has 0 bridgehead atoms. The molecule has 0 aromatic heterocycles. The molecular weight excluding hydrogens is 405 g/mol.